The fourth-order valence-electron chi connectivity index (χ4n) is 9.26. The van der Waals surface area contributed by atoms with E-state index in [1.165, 1.54) is 86.6 Å². The van der Waals surface area contributed by atoms with Gasteiger partial charge in [0.25, 0.3) is 0 Å². The number of benzene rings is 9. The van der Waals surface area contributed by atoms with Gasteiger partial charge in [0, 0.05) is 48.0 Å². The van der Waals surface area contributed by atoms with Crippen molar-refractivity contribution in [2.45, 2.75) is 19.3 Å². The summed E-state index contributed by atoms with van der Waals surface area (Å²) in [6, 6.07) is 73.7. The van der Waals surface area contributed by atoms with Crippen LogP contribution in [0.3, 0.4) is 0 Å². The minimum Gasteiger partial charge on any atom is -0.310 e. The Labute approximate surface area is 337 Å². The lowest BCUT2D eigenvalue weighted by Gasteiger charge is -2.28. The molecule has 0 atom stereocenters. The van der Waals surface area contributed by atoms with Gasteiger partial charge in [-0.25, -0.2) is 0 Å². The molecule has 1 aromatic heterocycles. The Morgan fingerprint density at radius 2 is 0.860 bits per heavy atom. The number of anilines is 3. The lowest BCUT2D eigenvalue weighted by Crippen LogP contribution is -2.16. The lowest BCUT2D eigenvalue weighted by molar-refractivity contribution is 0.660. The normalized spacial score (nSPS) is 12.9. The molecular formula is C55H39NS. The summed E-state index contributed by atoms with van der Waals surface area (Å²) in [7, 11) is 0. The third kappa shape index (κ3) is 5.44. The van der Waals surface area contributed by atoms with E-state index in [1.807, 2.05) is 11.3 Å². The van der Waals surface area contributed by atoms with Crippen molar-refractivity contribution in [2.75, 3.05) is 4.90 Å². The van der Waals surface area contributed by atoms with Crippen molar-refractivity contribution in [1.82, 2.24) is 0 Å². The van der Waals surface area contributed by atoms with Crippen LogP contribution in [-0.2, 0) is 5.41 Å². The Kier molecular flexibility index (Phi) is 7.77. The summed E-state index contributed by atoms with van der Waals surface area (Å²) in [6.07, 6.45) is 0. The van der Waals surface area contributed by atoms with Gasteiger partial charge in [-0.15, -0.1) is 11.3 Å². The third-order valence-corrected chi connectivity index (χ3v) is 13.3. The first-order valence-electron chi connectivity index (χ1n) is 19.8. The Hall–Kier alpha value is -6.74. The quantitative estimate of drug-likeness (QED) is 0.164. The summed E-state index contributed by atoms with van der Waals surface area (Å²) in [5, 5.41) is 5.27. The highest BCUT2D eigenvalue weighted by molar-refractivity contribution is 7.26. The summed E-state index contributed by atoms with van der Waals surface area (Å²) in [5.41, 5.74) is 16.0. The van der Waals surface area contributed by atoms with Crippen molar-refractivity contribution in [3.8, 4) is 44.5 Å². The van der Waals surface area contributed by atoms with Gasteiger partial charge in [0.05, 0.1) is 0 Å². The Morgan fingerprint density at radius 1 is 0.351 bits per heavy atom. The van der Waals surface area contributed by atoms with Crippen molar-refractivity contribution in [2.24, 2.45) is 0 Å². The summed E-state index contributed by atoms with van der Waals surface area (Å²) < 4.78 is 2.69. The maximum Gasteiger partial charge on any atom is 0.0465 e. The zero-order valence-electron chi connectivity index (χ0n) is 31.9. The van der Waals surface area contributed by atoms with Crippen LogP contribution >= 0.6 is 11.3 Å². The van der Waals surface area contributed by atoms with Gasteiger partial charge in [0.2, 0.25) is 0 Å². The van der Waals surface area contributed by atoms with Crippen molar-refractivity contribution in [3.63, 3.8) is 0 Å². The molecule has 57 heavy (non-hydrogen) atoms. The highest BCUT2D eigenvalue weighted by Crippen LogP contribution is 2.51. The molecular weight excluding hydrogens is 707 g/mol. The zero-order chi connectivity index (χ0) is 38.1. The van der Waals surface area contributed by atoms with Gasteiger partial charge in [-0.1, -0.05) is 172 Å². The summed E-state index contributed by atoms with van der Waals surface area (Å²) in [6.45, 7) is 4.71. The molecule has 10 aromatic rings. The van der Waals surface area contributed by atoms with Crippen LogP contribution in [0.1, 0.15) is 25.0 Å². The second kappa shape index (κ2) is 13.2. The first kappa shape index (κ1) is 33.6. The van der Waals surface area contributed by atoms with E-state index < -0.39 is 0 Å². The molecule has 0 saturated heterocycles. The zero-order valence-corrected chi connectivity index (χ0v) is 32.7. The average Bonchev–Trinajstić information content (AvgIpc) is 3.76. The third-order valence-electron chi connectivity index (χ3n) is 12.1. The monoisotopic (exact) mass is 745 g/mol. The van der Waals surface area contributed by atoms with Crippen LogP contribution in [0.25, 0.3) is 75.5 Å². The molecule has 0 radical (unpaired) electrons. The number of fused-ring (bicyclic) bond motifs is 8. The molecule has 1 aliphatic rings. The topological polar surface area (TPSA) is 3.24 Å². The molecule has 0 saturated carbocycles. The van der Waals surface area contributed by atoms with Crippen molar-refractivity contribution in [1.29, 1.82) is 0 Å². The van der Waals surface area contributed by atoms with Crippen molar-refractivity contribution in [3.05, 3.63) is 211 Å². The average molecular weight is 746 g/mol. The van der Waals surface area contributed by atoms with Crippen LogP contribution in [-0.4, -0.2) is 0 Å². The van der Waals surface area contributed by atoms with Crippen molar-refractivity contribution >= 4 is 59.3 Å². The first-order chi connectivity index (χ1) is 28.0. The van der Waals surface area contributed by atoms with E-state index in [-0.39, 0.29) is 5.41 Å². The smallest absolute Gasteiger partial charge is 0.0465 e. The standard InChI is InChI=1S/C55H39NS/c1-55(2)51-21-10-8-17-46(51)47-32-31-41(35-52(47)55)56(39-27-23-37(24-28-39)43-16-7-6-15-42(43)36-13-4-3-5-14-36)40-29-25-38(26-30-40)44-19-12-20-49-45(44)33-34-50-48-18-9-11-22-53(48)57-54(49)50/h3-35H,1-2H3. The van der Waals surface area contributed by atoms with Gasteiger partial charge in [0.15, 0.2) is 0 Å². The molecule has 1 nitrogen and oxygen atoms in total. The molecule has 0 spiro atoms. The van der Waals surface area contributed by atoms with E-state index in [2.05, 4.69) is 219 Å². The van der Waals surface area contributed by atoms with E-state index in [4.69, 9.17) is 0 Å². The number of thiophene rings is 1. The Bertz CT molecular complexity index is 3130. The van der Waals surface area contributed by atoms with E-state index in [1.54, 1.807) is 0 Å². The van der Waals surface area contributed by atoms with Crippen LogP contribution in [0.5, 0.6) is 0 Å². The summed E-state index contributed by atoms with van der Waals surface area (Å²) in [4.78, 5) is 2.42. The molecule has 1 heterocycles. The fourth-order valence-corrected chi connectivity index (χ4v) is 10.5. The van der Waals surface area contributed by atoms with Gasteiger partial charge in [-0.3, -0.25) is 0 Å². The Morgan fingerprint density at radius 3 is 1.60 bits per heavy atom. The summed E-state index contributed by atoms with van der Waals surface area (Å²) in [5.74, 6) is 0. The van der Waals surface area contributed by atoms with Gasteiger partial charge in [-0.2, -0.15) is 0 Å². The SMILES string of the molecule is CC1(C)c2ccccc2-c2ccc(N(c3ccc(-c4ccccc4-c4ccccc4)cc3)c3ccc(-c4cccc5c4ccc4c6ccccc6sc54)cc3)cc21. The summed E-state index contributed by atoms with van der Waals surface area (Å²) >= 11 is 1.89. The van der Waals surface area contributed by atoms with Gasteiger partial charge >= 0.3 is 0 Å². The largest absolute Gasteiger partial charge is 0.310 e. The van der Waals surface area contributed by atoms with Crippen LogP contribution in [0, 0.1) is 0 Å². The second-order valence-corrected chi connectivity index (χ2v) is 16.7. The number of rotatable bonds is 6. The predicted molar refractivity (Wildman–Crippen MR) is 245 cm³/mol. The van der Waals surface area contributed by atoms with E-state index in [0.29, 0.717) is 0 Å². The minimum absolute atomic E-state index is 0.101. The number of hydrogen-bond acceptors (Lipinski definition) is 2. The molecule has 11 rings (SSSR count). The molecule has 0 bridgehead atoms. The molecule has 0 aliphatic heterocycles. The molecule has 0 amide bonds. The van der Waals surface area contributed by atoms with Crippen LogP contribution in [0.2, 0.25) is 0 Å². The molecule has 1 aliphatic carbocycles. The first-order valence-corrected chi connectivity index (χ1v) is 20.6. The highest BCUT2D eigenvalue weighted by Gasteiger charge is 2.35. The van der Waals surface area contributed by atoms with Gasteiger partial charge in [-0.05, 0) is 103 Å². The highest BCUT2D eigenvalue weighted by atomic mass is 32.1. The maximum atomic E-state index is 2.42. The van der Waals surface area contributed by atoms with Crippen LogP contribution in [0.15, 0.2) is 200 Å². The van der Waals surface area contributed by atoms with E-state index in [0.717, 1.165) is 17.1 Å². The van der Waals surface area contributed by atoms with Crippen molar-refractivity contribution < 1.29 is 0 Å². The minimum atomic E-state index is -0.101. The molecule has 0 N–H and O–H groups in total. The Balaban J connectivity index is 1.02. The van der Waals surface area contributed by atoms with Gasteiger partial charge in [0.1, 0.15) is 0 Å². The van der Waals surface area contributed by atoms with Crippen LogP contribution in [0.4, 0.5) is 17.1 Å². The second-order valence-electron chi connectivity index (χ2n) is 15.7. The number of hydrogen-bond donors (Lipinski definition) is 0. The maximum absolute atomic E-state index is 2.42. The molecule has 0 fully saturated rings. The molecule has 270 valence electrons. The predicted octanol–water partition coefficient (Wildman–Crippen LogP) is 16.0. The fraction of sp³-hybridized carbons (Fsp3) is 0.0545. The van der Waals surface area contributed by atoms with Crippen LogP contribution < -0.4 is 4.90 Å². The van der Waals surface area contributed by atoms with E-state index >= 15 is 0 Å². The molecule has 0 unspecified atom stereocenters. The lowest BCUT2D eigenvalue weighted by atomic mass is 9.82. The van der Waals surface area contributed by atoms with E-state index in [9.17, 15) is 0 Å². The number of nitrogens with zero attached hydrogens (tertiary/aromatic N) is 1. The molecule has 9 aromatic carbocycles. The van der Waals surface area contributed by atoms with Gasteiger partial charge < -0.3 is 4.90 Å². The molecule has 2 heteroatoms.